The molecule has 1 aliphatic carbocycles. The highest BCUT2D eigenvalue weighted by Gasteiger charge is 2.48. The fourth-order valence-electron chi connectivity index (χ4n) is 5.33. The topological polar surface area (TPSA) is 112 Å². The van der Waals surface area contributed by atoms with E-state index in [2.05, 4.69) is 19.9 Å². The van der Waals surface area contributed by atoms with Crippen molar-refractivity contribution in [3.63, 3.8) is 0 Å². The lowest BCUT2D eigenvalue weighted by molar-refractivity contribution is 0.00706. The second-order valence-electron chi connectivity index (χ2n) is 9.55. The SMILES string of the molecule is O[C@@H]1CO[C@H]2[C@@H]1OC[C@H]2Oc1nc2nc(OC3CCc4cc(-c5ccc(F)cn5)cc(F)c43)c(Cl)cc2[nH]1. The van der Waals surface area contributed by atoms with E-state index in [-0.39, 0.29) is 36.2 Å². The number of fused-ring (bicyclic) bond motifs is 3. The number of aromatic nitrogens is 4. The normalized spacial score (nSPS) is 26.1. The fourth-order valence-corrected chi connectivity index (χ4v) is 5.52. The van der Waals surface area contributed by atoms with E-state index >= 15 is 4.39 Å². The first-order valence-electron chi connectivity index (χ1n) is 12.2. The number of aliphatic hydroxyl groups is 1. The first kappa shape index (κ1) is 23.7. The van der Waals surface area contributed by atoms with Gasteiger partial charge in [0.25, 0.3) is 6.01 Å². The van der Waals surface area contributed by atoms with Crippen molar-refractivity contribution in [2.45, 2.75) is 43.4 Å². The molecular formula is C26H21ClF2N4O5. The van der Waals surface area contributed by atoms with Gasteiger partial charge in [-0.3, -0.25) is 4.98 Å². The molecule has 0 spiro atoms. The van der Waals surface area contributed by atoms with E-state index < -0.39 is 36.1 Å². The zero-order valence-electron chi connectivity index (χ0n) is 19.7. The summed E-state index contributed by atoms with van der Waals surface area (Å²) in [4.78, 5) is 15.9. The van der Waals surface area contributed by atoms with Gasteiger partial charge in [0.15, 0.2) is 11.8 Å². The zero-order valence-corrected chi connectivity index (χ0v) is 20.5. The van der Waals surface area contributed by atoms with Crippen LogP contribution in [0.5, 0.6) is 11.9 Å². The van der Waals surface area contributed by atoms with Crippen LogP contribution in [-0.2, 0) is 15.9 Å². The first-order valence-corrected chi connectivity index (χ1v) is 12.6. The molecule has 0 radical (unpaired) electrons. The minimum Gasteiger partial charge on any atom is -0.468 e. The number of pyridine rings is 2. The Bertz CT molecular complexity index is 1530. The average Bonchev–Trinajstić information content (AvgIpc) is 3.66. The fraction of sp³-hybridized carbons (Fsp3) is 0.346. The molecule has 4 aromatic rings. The Kier molecular flexibility index (Phi) is 5.69. The van der Waals surface area contributed by atoms with Crippen LogP contribution in [0, 0.1) is 11.6 Å². The number of H-pyrrole nitrogens is 1. The lowest BCUT2D eigenvalue weighted by Crippen LogP contribution is -2.34. The molecule has 2 saturated heterocycles. The maximum absolute atomic E-state index is 15.2. The van der Waals surface area contributed by atoms with Crippen LogP contribution in [0.1, 0.15) is 23.7 Å². The van der Waals surface area contributed by atoms with E-state index in [1.807, 2.05) is 6.07 Å². The molecule has 0 saturated carbocycles. The summed E-state index contributed by atoms with van der Waals surface area (Å²) in [6, 6.07) is 7.86. The Morgan fingerprint density at radius 2 is 1.92 bits per heavy atom. The third-order valence-electron chi connectivity index (χ3n) is 7.11. The predicted octanol–water partition coefficient (Wildman–Crippen LogP) is 3.92. The van der Waals surface area contributed by atoms with Crippen LogP contribution >= 0.6 is 11.6 Å². The molecule has 3 aliphatic rings. The van der Waals surface area contributed by atoms with Crippen LogP contribution < -0.4 is 9.47 Å². The molecular weight excluding hydrogens is 522 g/mol. The van der Waals surface area contributed by atoms with Gasteiger partial charge in [-0.1, -0.05) is 11.6 Å². The number of halogens is 3. The zero-order chi connectivity index (χ0) is 26.0. The molecule has 0 amide bonds. The molecule has 5 heterocycles. The number of nitrogens with one attached hydrogen (secondary N) is 1. The third kappa shape index (κ3) is 4.06. The summed E-state index contributed by atoms with van der Waals surface area (Å²) >= 11 is 6.46. The Hall–Kier alpha value is -3.38. The second-order valence-corrected chi connectivity index (χ2v) is 9.95. The number of hydrogen-bond acceptors (Lipinski definition) is 8. The maximum Gasteiger partial charge on any atom is 0.296 e. The summed E-state index contributed by atoms with van der Waals surface area (Å²) in [6.45, 7) is 0.458. The lowest BCUT2D eigenvalue weighted by atomic mass is 10.0. The number of aromatic amines is 1. The third-order valence-corrected chi connectivity index (χ3v) is 7.38. The summed E-state index contributed by atoms with van der Waals surface area (Å²) < 4.78 is 51.7. The first-order chi connectivity index (χ1) is 18.4. The monoisotopic (exact) mass is 542 g/mol. The Labute approximate surface area is 219 Å². The van der Waals surface area contributed by atoms with Crippen molar-refractivity contribution in [3.8, 4) is 23.1 Å². The van der Waals surface area contributed by atoms with Gasteiger partial charge in [-0.05, 0) is 48.7 Å². The van der Waals surface area contributed by atoms with Gasteiger partial charge in [0.05, 0.1) is 30.6 Å². The molecule has 5 atom stereocenters. The smallest absolute Gasteiger partial charge is 0.296 e. The molecule has 12 heteroatoms. The molecule has 9 nitrogen and oxygen atoms in total. The number of hydrogen-bond donors (Lipinski definition) is 2. The van der Waals surface area contributed by atoms with Crippen LogP contribution in [0.4, 0.5) is 8.78 Å². The van der Waals surface area contributed by atoms with E-state index in [0.29, 0.717) is 40.8 Å². The van der Waals surface area contributed by atoms with E-state index in [9.17, 15) is 9.50 Å². The van der Waals surface area contributed by atoms with E-state index in [1.165, 1.54) is 18.2 Å². The van der Waals surface area contributed by atoms with Crippen molar-refractivity contribution >= 4 is 22.8 Å². The Morgan fingerprint density at radius 1 is 1.05 bits per heavy atom. The highest BCUT2D eigenvalue weighted by Crippen LogP contribution is 2.40. The number of nitrogens with zero attached hydrogens (tertiary/aromatic N) is 3. The van der Waals surface area contributed by atoms with E-state index in [0.717, 1.165) is 11.8 Å². The molecule has 38 heavy (non-hydrogen) atoms. The van der Waals surface area contributed by atoms with Crippen molar-refractivity contribution < 1.29 is 32.8 Å². The standard InChI is InChI=1S/C26H21ClF2N4O5/c27-14-7-17-24(33-26(31-17)38-20-10-36-22-18(34)9-35-23(20)22)32-25(14)37-19-4-1-11-5-12(6-15(29)21(11)19)16-3-2-13(28)8-30-16/h2-3,5-8,18-20,22-23,34H,1,4,9-10H2,(H,31,32,33)/t18-,19?,20-,22-,23-/m1/s1. The van der Waals surface area contributed by atoms with Crippen molar-refractivity contribution in [2.75, 3.05) is 13.2 Å². The second kappa shape index (κ2) is 9.12. The summed E-state index contributed by atoms with van der Waals surface area (Å²) in [6.07, 6.45) is -0.274. The van der Waals surface area contributed by atoms with Crippen LogP contribution in [-0.4, -0.2) is 62.7 Å². The van der Waals surface area contributed by atoms with Gasteiger partial charge in [-0.2, -0.15) is 9.97 Å². The number of ether oxygens (including phenoxy) is 4. The minimum atomic E-state index is -0.679. The molecule has 2 N–H and O–H groups in total. The van der Waals surface area contributed by atoms with E-state index in [4.69, 9.17) is 30.5 Å². The van der Waals surface area contributed by atoms with Crippen LogP contribution in [0.25, 0.3) is 22.4 Å². The van der Waals surface area contributed by atoms with Crippen LogP contribution in [0.3, 0.4) is 0 Å². The van der Waals surface area contributed by atoms with Gasteiger partial charge in [0, 0.05) is 11.1 Å². The summed E-state index contributed by atoms with van der Waals surface area (Å²) in [5, 5.41) is 10.2. The Morgan fingerprint density at radius 3 is 2.76 bits per heavy atom. The van der Waals surface area contributed by atoms with Gasteiger partial charge in [0.2, 0.25) is 5.88 Å². The molecule has 1 unspecified atom stereocenters. The quantitative estimate of drug-likeness (QED) is 0.390. The van der Waals surface area contributed by atoms with Gasteiger partial charge in [-0.25, -0.2) is 8.78 Å². The van der Waals surface area contributed by atoms with Crippen molar-refractivity contribution in [3.05, 3.63) is 64.3 Å². The highest BCUT2D eigenvalue weighted by molar-refractivity contribution is 6.32. The van der Waals surface area contributed by atoms with Crippen LogP contribution in [0.15, 0.2) is 36.5 Å². The van der Waals surface area contributed by atoms with Gasteiger partial charge in [-0.15, -0.1) is 0 Å². The number of aryl methyl sites for hydroxylation is 1. The average molecular weight is 543 g/mol. The van der Waals surface area contributed by atoms with Gasteiger partial charge in [0.1, 0.15) is 41.1 Å². The minimum absolute atomic E-state index is 0.130. The lowest BCUT2D eigenvalue weighted by Gasteiger charge is -2.16. The molecule has 1 aromatic carbocycles. The number of benzene rings is 1. The molecule has 0 bridgehead atoms. The number of imidazole rings is 1. The van der Waals surface area contributed by atoms with Crippen LogP contribution in [0.2, 0.25) is 5.02 Å². The maximum atomic E-state index is 15.2. The molecule has 196 valence electrons. The highest BCUT2D eigenvalue weighted by atomic mass is 35.5. The molecule has 2 aliphatic heterocycles. The van der Waals surface area contributed by atoms with Gasteiger partial charge >= 0.3 is 0 Å². The van der Waals surface area contributed by atoms with Crippen molar-refractivity contribution in [2.24, 2.45) is 0 Å². The summed E-state index contributed by atoms with van der Waals surface area (Å²) in [5.74, 6) is -0.759. The molecule has 7 rings (SSSR count). The molecule has 2 fully saturated rings. The number of rotatable bonds is 5. The van der Waals surface area contributed by atoms with Gasteiger partial charge < -0.3 is 29.0 Å². The summed E-state index contributed by atoms with van der Waals surface area (Å²) in [7, 11) is 0. The largest absolute Gasteiger partial charge is 0.468 e. The van der Waals surface area contributed by atoms with Crippen molar-refractivity contribution in [1.29, 1.82) is 0 Å². The summed E-state index contributed by atoms with van der Waals surface area (Å²) in [5.41, 5.74) is 3.14. The molecule has 3 aromatic heterocycles. The van der Waals surface area contributed by atoms with Crippen molar-refractivity contribution in [1.82, 2.24) is 19.9 Å². The predicted molar refractivity (Wildman–Crippen MR) is 130 cm³/mol. The van der Waals surface area contributed by atoms with E-state index in [1.54, 1.807) is 6.07 Å². The number of aliphatic hydroxyl groups excluding tert-OH is 1. The Balaban J connectivity index is 1.11.